The zero-order valence-electron chi connectivity index (χ0n) is 14.7. The van der Waals surface area contributed by atoms with Gasteiger partial charge >= 0.3 is 6.18 Å². The number of nitrogens with one attached hydrogen (secondary N) is 3. The van der Waals surface area contributed by atoms with Gasteiger partial charge in [0.2, 0.25) is 0 Å². The summed E-state index contributed by atoms with van der Waals surface area (Å²) in [5.74, 6) is 4.74. The summed E-state index contributed by atoms with van der Waals surface area (Å²) in [6, 6.07) is 7.89. The van der Waals surface area contributed by atoms with E-state index in [-0.39, 0.29) is 23.8 Å². The number of amides is 1. The van der Waals surface area contributed by atoms with E-state index in [1.54, 1.807) is 0 Å². The Balaban J connectivity index is 2.30. The van der Waals surface area contributed by atoms with Gasteiger partial charge < -0.3 is 16.1 Å². The Hall–Kier alpha value is -2.29. The molecule has 2 rings (SSSR count). The Labute approximate surface area is 160 Å². The van der Waals surface area contributed by atoms with Crippen molar-refractivity contribution in [2.24, 2.45) is 5.84 Å². The molecule has 5 nitrogen and oxygen atoms in total. The number of rotatable bonds is 6. The average molecular weight is 401 g/mol. The number of carbonyl (C=O) groups is 1. The Bertz CT molecular complexity index is 825. The highest BCUT2D eigenvalue weighted by Gasteiger charge is 2.31. The van der Waals surface area contributed by atoms with E-state index in [9.17, 15) is 18.0 Å². The second-order valence-corrected chi connectivity index (χ2v) is 6.65. The van der Waals surface area contributed by atoms with Gasteiger partial charge in [-0.25, -0.2) is 0 Å². The summed E-state index contributed by atoms with van der Waals surface area (Å²) < 4.78 is 39.5. The molecule has 0 atom stereocenters. The van der Waals surface area contributed by atoms with Crippen molar-refractivity contribution in [3.63, 3.8) is 0 Å². The summed E-state index contributed by atoms with van der Waals surface area (Å²) in [6.45, 7) is 4.02. The summed E-state index contributed by atoms with van der Waals surface area (Å²) in [5, 5.41) is 5.86. The molecule has 1 amide bonds. The molecule has 0 aromatic heterocycles. The second-order valence-electron chi connectivity index (χ2n) is 6.25. The fourth-order valence-electron chi connectivity index (χ4n) is 2.33. The average Bonchev–Trinajstić information content (AvgIpc) is 2.59. The Morgan fingerprint density at radius 2 is 1.89 bits per heavy atom. The Morgan fingerprint density at radius 1 is 1.19 bits per heavy atom. The molecule has 5 N–H and O–H groups in total. The number of benzene rings is 2. The number of hydrogen-bond acceptors (Lipinski definition) is 4. The van der Waals surface area contributed by atoms with Crippen LogP contribution in [0.25, 0.3) is 0 Å². The number of nitrogens with two attached hydrogens (primary N) is 1. The minimum absolute atomic E-state index is 0.0487. The predicted octanol–water partition coefficient (Wildman–Crippen LogP) is 4.39. The molecule has 0 aliphatic carbocycles. The van der Waals surface area contributed by atoms with E-state index in [1.807, 2.05) is 13.8 Å². The van der Waals surface area contributed by atoms with Crippen molar-refractivity contribution in [2.45, 2.75) is 32.6 Å². The van der Waals surface area contributed by atoms with E-state index >= 15 is 0 Å². The van der Waals surface area contributed by atoms with Crippen LogP contribution in [-0.4, -0.2) is 11.9 Å². The normalized spacial score (nSPS) is 11.6. The lowest BCUT2D eigenvalue weighted by Gasteiger charge is -2.15. The summed E-state index contributed by atoms with van der Waals surface area (Å²) in [7, 11) is 0. The zero-order valence-corrected chi connectivity index (χ0v) is 15.5. The van der Waals surface area contributed by atoms with Crippen LogP contribution in [0.3, 0.4) is 0 Å². The number of halogens is 4. The van der Waals surface area contributed by atoms with Crippen molar-refractivity contribution in [3.8, 4) is 0 Å². The molecular weight excluding hydrogens is 381 g/mol. The minimum atomic E-state index is -4.52. The smallest absolute Gasteiger partial charge is 0.323 e. The van der Waals surface area contributed by atoms with Crippen molar-refractivity contribution < 1.29 is 18.0 Å². The summed E-state index contributed by atoms with van der Waals surface area (Å²) in [4.78, 5) is 12.4. The Kier molecular flexibility index (Phi) is 6.69. The molecule has 2 aromatic carbocycles. The molecule has 0 radical (unpaired) electrons. The van der Waals surface area contributed by atoms with Crippen LogP contribution in [0.5, 0.6) is 0 Å². The molecule has 0 fully saturated rings. The van der Waals surface area contributed by atoms with E-state index in [0.29, 0.717) is 16.3 Å². The molecule has 9 heteroatoms. The third-order valence-electron chi connectivity index (χ3n) is 3.68. The van der Waals surface area contributed by atoms with Crippen LogP contribution in [0.4, 0.5) is 24.5 Å². The van der Waals surface area contributed by atoms with Gasteiger partial charge in [0.25, 0.3) is 5.91 Å². The van der Waals surface area contributed by atoms with Gasteiger partial charge in [0, 0.05) is 23.8 Å². The lowest BCUT2D eigenvalue weighted by Crippen LogP contribution is -2.22. The van der Waals surface area contributed by atoms with E-state index < -0.39 is 17.6 Å². The van der Waals surface area contributed by atoms with Crippen molar-refractivity contribution >= 4 is 28.9 Å². The SMILES string of the molecule is CC(C)NCc1cc(NC(=O)c2ccc(Cl)c(NN)c2)cc(C(F)(F)F)c1. The number of hydrazine groups is 1. The first kappa shape index (κ1) is 21.0. The van der Waals surface area contributed by atoms with E-state index in [2.05, 4.69) is 16.1 Å². The molecule has 2 aromatic rings. The van der Waals surface area contributed by atoms with E-state index in [4.69, 9.17) is 17.4 Å². The fraction of sp³-hybridized carbons (Fsp3) is 0.278. The topological polar surface area (TPSA) is 79.2 Å². The van der Waals surface area contributed by atoms with Crippen LogP contribution in [0.15, 0.2) is 36.4 Å². The first-order valence-electron chi connectivity index (χ1n) is 8.12. The first-order valence-corrected chi connectivity index (χ1v) is 8.50. The lowest BCUT2D eigenvalue weighted by atomic mass is 10.1. The summed E-state index contributed by atoms with van der Waals surface area (Å²) in [5.41, 5.74) is 2.51. The molecule has 27 heavy (non-hydrogen) atoms. The van der Waals surface area contributed by atoms with Gasteiger partial charge in [0.05, 0.1) is 16.3 Å². The largest absolute Gasteiger partial charge is 0.416 e. The van der Waals surface area contributed by atoms with Gasteiger partial charge in [0.1, 0.15) is 0 Å². The molecular formula is C18H20ClF3N4O. The van der Waals surface area contributed by atoms with Crippen LogP contribution < -0.4 is 21.9 Å². The number of alkyl halides is 3. The Morgan fingerprint density at radius 3 is 2.48 bits per heavy atom. The number of hydrogen-bond donors (Lipinski definition) is 4. The van der Waals surface area contributed by atoms with Crippen molar-refractivity contribution in [1.29, 1.82) is 0 Å². The van der Waals surface area contributed by atoms with E-state index in [1.165, 1.54) is 24.3 Å². The highest BCUT2D eigenvalue weighted by Crippen LogP contribution is 2.32. The van der Waals surface area contributed by atoms with Crippen LogP contribution in [0.2, 0.25) is 5.02 Å². The maximum absolute atomic E-state index is 13.2. The standard InChI is InChI=1S/C18H20ClF3N4O/c1-10(2)24-9-11-5-13(18(20,21)22)8-14(6-11)25-17(27)12-3-4-15(19)16(7-12)26-23/h3-8,10,24,26H,9,23H2,1-2H3,(H,25,27). The second kappa shape index (κ2) is 8.60. The van der Waals surface area contributed by atoms with Crippen LogP contribution in [0, 0.1) is 0 Å². The third-order valence-corrected chi connectivity index (χ3v) is 4.01. The molecule has 146 valence electrons. The van der Waals surface area contributed by atoms with Crippen molar-refractivity contribution in [3.05, 3.63) is 58.1 Å². The zero-order chi connectivity index (χ0) is 20.2. The fourth-order valence-corrected chi connectivity index (χ4v) is 2.50. The van der Waals surface area contributed by atoms with Gasteiger partial charge in [-0.15, -0.1) is 0 Å². The molecule has 0 saturated heterocycles. The predicted molar refractivity (Wildman–Crippen MR) is 101 cm³/mol. The van der Waals surface area contributed by atoms with Gasteiger partial charge in [0.15, 0.2) is 0 Å². The van der Waals surface area contributed by atoms with Crippen LogP contribution in [-0.2, 0) is 12.7 Å². The van der Waals surface area contributed by atoms with Gasteiger partial charge in [-0.2, -0.15) is 13.2 Å². The highest BCUT2D eigenvalue weighted by molar-refractivity contribution is 6.33. The third kappa shape index (κ3) is 5.85. The molecule has 0 aliphatic rings. The molecule has 0 saturated carbocycles. The number of carbonyl (C=O) groups excluding carboxylic acids is 1. The van der Waals surface area contributed by atoms with Crippen LogP contribution >= 0.6 is 11.6 Å². The van der Waals surface area contributed by atoms with Gasteiger partial charge in [-0.05, 0) is 42.0 Å². The number of anilines is 2. The summed E-state index contributed by atoms with van der Waals surface area (Å²) in [6.07, 6.45) is -4.52. The molecule has 0 aliphatic heterocycles. The number of nitrogen functional groups attached to an aromatic ring is 1. The molecule has 0 spiro atoms. The van der Waals surface area contributed by atoms with E-state index in [0.717, 1.165) is 12.1 Å². The minimum Gasteiger partial charge on any atom is -0.323 e. The van der Waals surface area contributed by atoms with Crippen molar-refractivity contribution in [1.82, 2.24) is 5.32 Å². The maximum atomic E-state index is 13.2. The molecule has 0 unspecified atom stereocenters. The first-order chi connectivity index (χ1) is 12.6. The highest BCUT2D eigenvalue weighted by atomic mass is 35.5. The summed E-state index contributed by atoms with van der Waals surface area (Å²) >= 11 is 5.91. The lowest BCUT2D eigenvalue weighted by molar-refractivity contribution is -0.137. The maximum Gasteiger partial charge on any atom is 0.416 e. The van der Waals surface area contributed by atoms with Crippen molar-refractivity contribution in [2.75, 3.05) is 10.7 Å². The van der Waals surface area contributed by atoms with Gasteiger partial charge in [-0.3, -0.25) is 10.6 Å². The van der Waals surface area contributed by atoms with Crippen LogP contribution in [0.1, 0.15) is 35.3 Å². The quantitative estimate of drug-likeness (QED) is 0.428. The molecule has 0 bridgehead atoms. The molecule has 0 heterocycles. The van der Waals surface area contributed by atoms with Gasteiger partial charge in [-0.1, -0.05) is 25.4 Å². The monoisotopic (exact) mass is 400 g/mol.